The zero-order valence-electron chi connectivity index (χ0n) is 75.9. The predicted octanol–water partition coefficient (Wildman–Crippen LogP) is -0.838. The standard InChI is InChI=1S/C82H120F5N7O39/c1-44(95)92-69-76(127-53(10)104)72(124-50(7)101)57(41-121-47(4)98)130-79(69)118-37-34-115-31-28-112-25-22-88-60(108)16-19-82(91-40-56(107)14-13-15-63(111)133-75-67(86)65(84)64(83)66(85)68(75)87,20-17-61(109)89-23-26-113-29-32-116-35-38-119-80-70(93-45(2)96)77(128-54(11)105)73(125-51(8)102)58(131-80)42-122-48(5)99)21-18-62(110)90-24-27-114-30-33-117-36-39-120-81-71(94-46(3)97)78(129-55(12)106)74(126-52(9)103)59(132-81)43-123-49(6)100/h57-59,69-74,76-81,91H,13-43H2,1-12H3,(H,88,108)(H,89,109)(H,90,110)(H,92,95)(H,93,96)(H,94,97). The van der Waals surface area contributed by atoms with E-state index in [1.807, 2.05) is 0 Å². The molecule has 7 N–H and O–H groups in total. The van der Waals surface area contributed by atoms with Crippen molar-refractivity contribution in [1.82, 2.24) is 37.2 Å². The van der Waals surface area contributed by atoms with E-state index in [9.17, 15) is 103 Å². The highest BCUT2D eigenvalue weighted by molar-refractivity contribution is 5.82. The summed E-state index contributed by atoms with van der Waals surface area (Å²) in [5.41, 5.74) is -1.46. The summed E-state index contributed by atoms with van der Waals surface area (Å²) in [7, 11) is 0. The zero-order valence-corrected chi connectivity index (χ0v) is 75.9. The molecule has 3 saturated heterocycles. The van der Waals surface area contributed by atoms with E-state index in [2.05, 4.69) is 42.0 Å². The summed E-state index contributed by atoms with van der Waals surface area (Å²) >= 11 is 0. The third-order valence-corrected chi connectivity index (χ3v) is 18.9. The molecule has 6 amide bonds. The van der Waals surface area contributed by atoms with Gasteiger partial charge < -0.3 is 141 Å². The number of esters is 10. The molecule has 3 fully saturated rings. The van der Waals surface area contributed by atoms with Crippen LogP contribution in [0.25, 0.3) is 0 Å². The number of nitrogens with one attached hydrogen (secondary N) is 7. The van der Waals surface area contributed by atoms with Crippen molar-refractivity contribution in [3.8, 4) is 5.75 Å². The van der Waals surface area contributed by atoms with Crippen molar-refractivity contribution < 1.29 is 208 Å². The van der Waals surface area contributed by atoms with Crippen molar-refractivity contribution in [2.75, 3.05) is 145 Å². The topological polar surface area (TPSA) is 577 Å². The molecule has 51 heteroatoms. The number of ether oxygens (including phenoxy) is 22. The van der Waals surface area contributed by atoms with Crippen LogP contribution in [0.3, 0.4) is 0 Å². The van der Waals surface area contributed by atoms with Gasteiger partial charge in [-0.25, -0.2) is 13.2 Å². The highest BCUT2D eigenvalue weighted by Gasteiger charge is 2.55. The molecule has 46 nitrogen and oxygen atoms in total. The van der Waals surface area contributed by atoms with Crippen LogP contribution in [0.1, 0.15) is 141 Å². The summed E-state index contributed by atoms with van der Waals surface area (Å²) in [4.78, 5) is 213. The number of benzene rings is 1. The molecule has 4 rings (SSSR count). The first-order valence-electron chi connectivity index (χ1n) is 42.3. The molecule has 15 atom stereocenters. The first-order valence-corrected chi connectivity index (χ1v) is 42.3. The summed E-state index contributed by atoms with van der Waals surface area (Å²) < 4.78 is 193. The van der Waals surface area contributed by atoms with Crippen LogP contribution in [0.5, 0.6) is 5.75 Å². The maximum atomic E-state index is 14.4. The molecule has 3 heterocycles. The fourth-order valence-electron chi connectivity index (χ4n) is 13.3. The lowest BCUT2D eigenvalue weighted by atomic mass is 9.83. The quantitative estimate of drug-likeness (QED) is 0.00795. The number of hydrogen-bond donors (Lipinski definition) is 7. The lowest BCUT2D eigenvalue weighted by molar-refractivity contribution is -0.279. The van der Waals surface area contributed by atoms with Crippen LogP contribution in [0, 0.1) is 29.1 Å². The van der Waals surface area contributed by atoms with Crippen molar-refractivity contribution >= 4 is 101 Å². The molecule has 752 valence electrons. The minimum atomic E-state index is -2.51. The molecule has 0 spiro atoms. The van der Waals surface area contributed by atoms with Gasteiger partial charge in [-0.15, -0.1) is 0 Å². The van der Waals surface area contributed by atoms with E-state index < -0.39 is 279 Å². The monoisotopic (exact) mass is 1920 g/mol. The van der Waals surface area contributed by atoms with Gasteiger partial charge in [-0.3, -0.25) is 81.5 Å². The largest absolute Gasteiger partial charge is 0.463 e. The Kier molecular flexibility index (Phi) is 53.1. The predicted molar refractivity (Wildman–Crippen MR) is 433 cm³/mol. The van der Waals surface area contributed by atoms with Crippen LogP contribution < -0.4 is 42.0 Å². The molecule has 15 unspecified atom stereocenters. The highest BCUT2D eigenvalue weighted by Crippen LogP contribution is 2.34. The van der Waals surface area contributed by atoms with Gasteiger partial charge >= 0.3 is 59.7 Å². The maximum Gasteiger partial charge on any atom is 0.311 e. The van der Waals surface area contributed by atoms with Gasteiger partial charge in [0.25, 0.3) is 0 Å². The smallest absolute Gasteiger partial charge is 0.311 e. The van der Waals surface area contributed by atoms with Gasteiger partial charge in [-0.05, 0) is 25.7 Å². The minimum absolute atomic E-state index is 0.0330. The molecular weight excluding hydrogens is 1800 g/mol. The van der Waals surface area contributed by atoms with Gasteiger partial charge in [0.1, 0.15) is 62.0 Å². The second kappa shape index (κ2) is 61.4. The van der Waals surface area contributed by atoms with E-state index in [4.69, 9.17) is 99.5 Å². The van der Waals surface area contributed by atoms with Crippen LogP contribution in [0.4, 0.5) is 22.0 Å². The summed E-state index contributed by atoms with van der Waals surface area (Å²) in [6, 6.07) is -3.73. The Morgan fingerprint density at radius 3 is 0.850 bits per heavy atom. The fourth-order valence-corrected chi connectivity index (χ4v) is 13.3. The summed E-state index contributed by atoms with van der Waals surface area (Å²) in [5, 5.41) is 19.0. The van der Waals surface area contributed by atoms with E-state index >= 15 is 0 Å². The Balaban J connectivity index is 1.46. The van der Waals surface area contributed by atoms with Crippen LogP contribution in [0.15, 0.2) is 0 Å². The molecule has 0 aliphatic carbocycles. The van der Waals surface area contributed by atoms with E-state index in [1.165, 1.54) is 20.8 Å². The van der Waals surface area contributed by atoms with Gasteiger partial charge in [-0.2, -0.15) is 8.78 Å². The van der Waals surface area contributed by atoms with Gasteiger partial charge in [0, 0.05) is 140 Å². The number of Topliss-reactive ketones (excluding diaryl/α,β-unsaturated/α-hetero) is 1. The second-order valence-corrected chi connectivity index (χ2v) is 29.9. The third kappa shape index (κ3) is 44.5. The molecule has 0 saturated carbocycles. The Morgan fingerprint density at radius 1 is 0.316 bits per heavy atom. The lowest BCUT2D eigenvalue weighted by Gasteiger charge is -2.44. The maximum absolute atomic E-state index is 14.4. The number of halogens is 5. The van der Waals surface area contributed by atoms with E-state index in [0.717, 1.165) is 62.3 Å². The molecular formula is C82H120F5N7O39. The van der Waals surface area contributed by atoms with Crippen molar-refractivity contribution in [2.45, 2.75) is 238 Å². The Bertz CT molecular complexity index is 3670. The number of ketones is 1. The summed E-state index contributed by atoms with van der Waals surface area (Å²) in [6.45, 7) is 9.77. The summed E-state index contributed by atoms with van der Waals surface area (Å²) in [5.74, 6) is -26.7. The SMILES string of the molecule is CC(=O)NC1C(OCCOCCOCCNC(=O)CCC(CCC(=O)NCCOCCOCCOC2OC(COC(C)=O)C(OC(C)=O)C(OC(C)=O)C2NC(C)=O)(CCC(=O)NCCOCCOCCOC2OC(COC(C)=O)C(OC(C)=O)C(OC(C)=O)C2NC(C)=O)NCC(=O)CCCC(=O)Oc2c(F)c(F)c(F)c(F)c2F)OC(COC(C)=O)C(OC(C)=O)C1OC(C)=O. The molecule has 1 aromatic rings. The molecule has 3 aliphatic rings. The number of rotatable bonds is 62. The van der Waals surface area contributed by atoms with E-state index in [1.54, 1.807) is 0 Å². The van der Waals surface area contributed by atoms with Gasteiger partial charge in [0.2, 0.25) is 70.3 Å². The van der Waals surface area contributed by atoms with Crippen molar-refractivity contribution in [3.63, 3.8) is 0 Å². The first-order chi connectivity index (χ1) is 63.0. The average Bonchev–Trinajstić information content (AvgIpc) is 0.793. The lowest BCUT2D eigenvalue weighted by Crippen LogP contribution is -2.66. The van der Waals surface area contributed by atoms with Gasteiger partial charge in [0.05, 0.1) is 106 Å². The van der Waals surface area contributed by atoms with E-state index in [0.29, 0.717) is 0 Å². The van der Waals surface area contributed by atoms with Gasteiger partial charge in [-0.1, -0.05) is 0 Å². The Hall–Kier alpha value is -10.5. The average molecular weight is 1920 g/mol. The molecule has 133 heavy (non-hydrogen) atoms. The molecule has 0 aromatic heterocycles. The molecule has 0 radical (unpaired) electrons. The third-order valence-electron chi connectivity index (χ3n) is 18.9. The van der Waals surface area contributed by atoms with E-state index in [-0.39, 0.29) is 157 Å². The Morgan fingerprint density at radius 2 is 0.579 bits per heavy atom. The second-order valence-electron chi connectivity index (χ2n) is 29.9. The van der Waals surface area contributed by atoms with Crippen molar-refractivity contribution in [1.29, 1.82) is 0 Å². The van der Waals surface area contributed by atoms with Crippen molar-refractivity contribution in [3.05, 3.63) is 29.1 Å². The molecule has 1 aromatic carbocycles. The van der Waals surface area contributed by atoms with Crippen LogP contribution in [0.2, 0.25) is 0 Å². The highest BCUT2D eigenvalue weighted by atomic mass is 19.2. The first kappa shape index (κ1) is 115. The zero-order chi connectivity index (χ0) is 98.9. The van der Waals surface area contributed by atoms with Crippen LogP contribution in [-0.4, -0.2) is 343 Å². The summed E-state index contributed by atoms with van der Waals surface area (Å²) in [6.07, 6.45) is -19.2. The fraction of sp³-hybridized carbons (Fsp3) is 0.720. The van der Waals surface area contributed by atoms with Crippen LogP contribution in [-0.2, 0) is 181 Å². The minimum Gasteiger partial charge on any atom is -0.463 e. The number of carbonyl (C=O) groups is 17. The number of hydrogen-bond acceptors (Lipinski definition) is 40. The molecule has 0 bridgehead atoms. The van der Waals surface area contributed by atoms with Crippen LogP contribution >= 0.6 is 0 Å². The van der Waals surface area contributed by atoms with Gasteiger partial charge in [0.15, 0.2) is 55.5 Å². The number of amides is 6. The molecule has 3 aliphatic heterocycles. The Labute approximate surface area is 761 Å². The number of carbonyl (C=O) groups excluding carboxylic acids is 17. The normalized spacial score (nSPS) is 21.9. The van der Waals surface area contributed by atoms with Crippen molar-refractivity contribution in [2.24, 2.45) is 0 Å².